The largest absolute Gasteiger partial charge is 0.312 e. The van der Waals surface area contributed by atoms with E-state index in [9.17, 15) is 0 Å². The van der Waals surface area contributed by atoms with Crippen molar-refractivity contribution in [2.75, 3.05) is 0 Å². The van der Waals surface area contributed by atoms with E-state index in [0.29, 0.717) is 12.1 Å². The van der Waals surface area contributed by atoms with Crippen LogP contribution in [0.1, 0.15) is 41.0 Å². The third-order valence-electron chi connectivity index (χ3n) is 2.09. The van der Waals surface area contributed by atoms with Crippen LogP contribution in [-0.2, 0) is 0 Å². The Balaban J connectivity index is 3.50. The summed E-state index contributed by atoms with van der Waals surface area (Å²) in [6, 6.07) is 1.27. The lowest BCUT2D eigenvalue weighted by Gasteiger charge is -2.22. The smallest absolute Gasteiger partial charge is 0.00666 e. The summed E-state index contributed by atoms with van der Waals surface area (Å²) in [6.45, 7) is 11.2. The fourth-order valence-corrected chi connectivity index (χ4v) is 1.04. The normalized spacial score (nSPS) is 17.4. The first-order valence-electron chi connectivity index (χ1n) is 4.34. The van der Waals surface area contributed by atoms with E-state index in [4.69, 9.17) is 0 Å². The molecule has 1 N–H and O–H groups in total. The van der Waals surface area contributed by atoms with Crippen molar-refractivity contribution in [3.8, 4) is 0 Å². The van der Waals surface area contributed by atoms with Crippen LogP contribution >= 0.6 is 0 Å². The van der Waals surface area contributed by atoms with Gasteiger partial charge in [-0.1, -0.05) is 34.1 Å². The maximum absolute atomic E-state index is 3.49. The molecule has 62 valence electrons. The van der Waals surface area contributed by atoms with Crippen LogP contribution in [0.15, 0.2) is 0 Å². The van der Waals surface area contributed by atoms with Crippen molar-refractivity contribution >= 4 is 0 Å². The van der Waals surface area contributed by atoms with E-state index < -0.39 is 0 Å². The predicted molar refractivity (Wildman–Crippen MR) is 47.2 cm³/mol. The van der Waals surface area contributed by atoms with Gasteiger partial charge in [-0.2, -0.15) is 0 Å². The molecule has 0 amide bonds. The van der Waals surface area contributed by atoms with E-state index in [1.54, 1.807) is 0 Å². The molecule has 1 nitrogen and oxygen atoms in total. The number of hydrogen-bond acceptors (Lipinski definition) is 1. The van der Waals surface area contributed by atoms with Crippen molar-refractivity contribution in [2.24, 2.45) is 5.92 Å². The molecule has 0 radical (unpaired) electrons. The predicted octanol–water partition coefficient (Wildman–Crippen LogP) is 2.42. The molecule has 0 aromatic carbocycles. The first kappa shape index (κ1) is 9.96. The topological polar surface area (TPSA) is 12.0 Å². The summed E-state index contributed by atoms with van der Waals surface area (Å²) in [7, 11) is 0. The van der Waals surface area contributed by atoms with Gasteiger partial charge in [-0.25, -0.2) is 0 Å². The molecular formula is C9H21N. The maximum atomic E-state index is 3.49. The molecule has 2 atom stereocenters. The van der Waals surface area contributed by atoms with Gasteiger partial charge in [-0.05, 0) is 12.8 Å². The molecule has 0 aromatic heterocycles. The van der Waals surface area contributed by atoms with Gasteiger partial charge in [0, 0.05) is 12.1 Å². The van der Waals surface area contributed by atoms with E-state index in [1.165, 1.54) is 6.42 Å². The van der Waals surface area contributed by atoms with E-state index in [0.717, 1.165) is 5.92 Å². The highest BCUT2D eigenvalue weighted by Gasteiger charge is 2.09. The molecule has 0 aromatic rings. The quantitative estimate of drug-likeness (QED) is 0.637. The Morgan fingerprint density at radius 3 is 1.90 bits per heavy atom. The third kappa shape index (κ3) is 3.89. The number of hydrogen-bond donors (Lipinski definition) is 1. The monoisotopic (exact) mass is 143 g/mol. The van der Waals surface area contributed by atoms with Crippen molar-refractivity contribution in [1.82, 2.24) is 5.32 Å². The van der Waals surface area contributed by atoms with Crippen LogP contribution in [0.4, 0.5) is 0 Å². The summed E-state index contributed by atoms with van der Waals surface area (Å²) in [5.41, 5.74) is 0. The highest BCUT2D eigenvalue weighted by molar-refractivity contribution is 4.68. The van der Waals surface area contributed by atoms with Crippen molar-refractivity contribution in [3.63, 3.8) is 0 Å². The highest BCUT2D eigenvalue weighted by atomic mass is 14.9. The Bertz CT molecular complexity index is 78.8. The second kappa shape index (κ2) is 4.73. The van der Waals surface area contributed by atoms with Crippen LogP contribution in [0, 0.1) is 5.92 Å². The molecule has 0 aliphatic heterocycles. The van der Waals surface area contributed by atoms with E-state index >= 15 is 0 Å². The molecule has 0 fully saturated rings. The summed E-state index contributed by atoms with van der Waals surface area (Å²) in [5.74, 6) is 0.794. The maximum Gasteiger partial charge on any atom is 0.00666 e. The van der Waals surface area contributed by atoms with Gasteiger partial charge in [0.1, 0.15) is 0 Å². The molecule has 0 aliphatic rings. The third-order valence-corrected chi connectivity index (χ3v) is 2.09. The molecule has 0 rings (SSSR count). The molecule has 1 heteroatoms. The van der Waals surface area contributed by atoms with Gasteiger partial charge in [0.15, 0.2) is 0 Å². The second-order valence-corrected chi connectivity index (χ2v) is 3.50. The van der Waals surface area contributed by atoms with E-state index in [2.05, 4.69) is 39.9 Å². The lowest BCUT2D eigenvalue weighted by Crippen LogP contribution is -2.36. The molecule has 0 spiro atoms. The molecule has 0 aliphatic carbocycles. The van der Waals surface area contributed by atoms with Gasteiger partial charge in [0.05, 0.1) is 0 Å². The first-order chi connectivity index (χ1) is 4.57. The van der Waals surface area contributed by atoms with Gasteiger partial charge in [-0.15, -0.1) is 0 Å². The average molecular weight is 143 g/mol. The number of nitrogens with one attached hydrogen (secondary N) is 1. The van der Waals surface area contributed by atoms with Gasteiger partial charge >= 0.3 is 0 Å². The summed E-state index contributed by atoms with van der Waals surface area (Å²) in [4.78, 5) is 0. The van der Waals surface area contributed by atoms with E-state index in [1.807, 2.05) is 0 Å². The molecule has 0 saturated carbocycles. The summed E-state index contributed by atoms with van der Waals surface area (Å²) in [6.07, 6.45) is 1.26. The van der Waals surface area contributed by atoms with Crippen molar-refractivity contribution in [3.05, 3.63) is 0 Å². The van der Waals surface area contributed by atoms with Gasteiger partial charge in [-0.3, -0.25) is 0 Å². The fourth-order valence-electron chi connectivity index (χ4n) is 1.04. The Hall–Kier alpha value is -0.0400. The summed E-state index contributed by atoms with van der Waals surface area (Å²) >= 11 is 0. The Labute approximate surface area is 65.2 Å². The molecule has 0 heterocycles. The van der Waals surface area contributed by atoms with Crippen LogP contribution in [0.3, 0.4) is 0 Å². The first-order valence-corrected chi connectivity index (χ1v) is 4.34. The van der Waals surface area contributed by atoms with Gasteiger partial charge in [0.2, 0.25) is 0 Å². The molecule has 0 bridgehead atoms. The minimum atomic E-state index is 0.615. The van der Waals surface area contributed by atoms with Crippen LogP contribution in [-0.4, -0.2) is 12.1 Å². The summed E-state index contributed by atoms with van der Waals surface area (Å²) < 4.78 is 0. The Morgan fingerprint density at radius 1 is 1.10 bits per heavy atom. The highest BCUT2D eigenvalue weighted by Crippen LogP contribution is 2.06. The zero-order valence-electron chi connectivity index (χ0n) is 7.94. The second-order valence-electron chi connectivity index (χ2n) is 3.50. The minimum Gasteiger partial charge on any atom is -0.312 e. The minimum absolute atomic E-state index is 0.615. The lowest BCUT2D eigenvalue weighted by molar-refractivity contribution is 0.366. The van der Waals surface area contributed by atoms with Crippen LogP contribution < -0.4 is 5.32 Å². The van der Waals surface area contributed by atoms with Crippen LogP contribution in [0.25, 0.3) is 0 Å². The Kier molecular flexibility index (Phi) is 4.71. The molecule has 1 unspecified atom stereocenters. The molecule has 0 saturated heterocycles. The Morgan fingerprint density at radius 2 is 1.60 bits per heavy atom. The number of rotatable bonds is 4. The molecule has 10 heavy (non-hydrogen) atoms. The van der Waals surface area contributed by atoms with Crippen molar-refractivity contribution in [2.45, 2.75) is 53.1 Å². The average Bonchev–Trinajstić information content (AvgIpc) is 1.85. The zero-order valence-corrected chi connectivity index (χ0v) is 7.94. The van der Waals surface area contributed by atoms with E-state index in [-0.39, 0.29) is 0 Å². The van der Waals surface area contributed by atoms with Crippen LogP contribution in [0.2, 0.25) is 0 Å². The standard InChI is InChI=1S/C9H21N/c1-6-8(4)9(5)10-7(2)3/h7-10H,6H2,1-5H3/t8?,9-/m1/s1. The van der Waals surface area contributed by atoms with Gasteiger partial charge < -0.3 is 5.32 Å². The zero-order chi connectivity index (χ0) is 8.15. The lowest BCUT2D eigenvalue weighted by atomic mass is 10.0. The fraction of sp³-hybridized carbons (Fsp3) is 1.00. The van der Waals surface area contributed by atoms with Crippen LogP contribution in [0.5, 0.6) is 0 Å². The molecular weight excluding hydrogens is 122 g/mol. The SMILES string of the molecule is CCC(C)[C@@H](C)NC(C)C. The summed E-state index contributed by atoms with van der Waals surface area (Å²) in [5, 5.41) is 3.49. The van der Waals surface area contributed by atoms with Crippen molar-refractivity contribution in [1.29, 1.82) is 0 Å². The van der Waals surface area contributed by atoms with Crippen molar-refractivity contribution < 1.29 is 0 Å². The van der Waals surface area contributed by atoms with Gasteiger partial charge in [0.25, 0.3) is 0 Å².